The Morgan fingerprint density at radius 3 is 2.31 bits per heavy atom. The molecule has 1 aromatic rings. The Bertz CT molecular complexity index is 258. The molecule has 0 radical (unpaired) electrons. The van der Waals surface area contributed by atoms with Gasteiger partial charge in [-0.3, -0.25) is 0 Å². The minimum Gasteiger partial charge on any atom is -0.481 e. The highest BCUT2D eigenvalue weighted by atomic mass is 16.5. The maximum atomic E-state index is 5.46. The van der Waals surface area contributed by atoms with Crippen LogP contribution in [0.2, 0.25) is 0 Å². The zero-order valence-electron chi connectivity index (χ0n) is 8.08. The zero-order valence-corrected chi connectivity index (χ0v) is 8.08. The molecule has 1 aromatic carbocycles. The van der Waals surface area contributed by atoms with Gasteiger partial charge in [-0.15, -0.1) is 6.42 Å². The van der Waals surface area contributed by atoms with Gasteiger partial charge >= 0.3 is 0 Å². The second kappa shape index (κ2) is 7.05. The van der Waals surface area contributed by atoms with E-state index >= 15 is 0 Å². The predicted octanol–water partition coefficient (Wildman–Crippen LogP) is 2.31. The molecule has 0 aromatic heterocycles. The molecular weight excluding hydrogens is 162 g/mol. The van der Waals surface area contributed by atoms with Gasteiger partial charge in [-0.1, -0.05) is 19.8 Å². The number of anilines is 1. The van der Waals surface area contributed by atoms with Crippen molar-refractivity contribution in [3.05, 3.63) is 24.3 Å². The van der Waals surface area contributed by atoms with Crippen molar-refractivity contribution >= 4 is 5.69 Å². The van der Waals surface area contributed by atoms with Crippen LogP contribution in [0.3, 0.4) is 0 Å². The molecule has 0 atom stereocenters. The van der Waals surface area contributed by atoms with E-state index in [1.54, 1.807) is 24.3 Å². The Balaban J connectivity index is 0.000000671. The third kappa shape index (κ3) is 4.76. The summed E-state index contributed by atoms with van der Waals surface area (Å²) in [6, 6.07) is 7.11. The number of ether oxygens (including phenoxy) is 1. The number of benzene rings is 1. The van der Waals surface area contributed by atoms with Crippen molar-refractivity contribution in [1.29, 1.82) is 0 Å². The Kier molecular flexibility index (Phi) is 6.17. The van der Waals surface area contributed by atoms with Crippen LogP contribution >= 0.6 is 0 Å². The van der Waals surface area contributed by atoms with Crippen LogP contribution in [0, 0.1) is 12.3 Å². The Labute approximate surface area is 79.7 Å². The number of rotatable bonds is 2. The van der Waals surface area contributed by atoms with Crippen molar-refractivity contribution in [2.24, 2.45) is 0 Å². The smallest absolute Gasteiger partial charge is 0.148 e. The van der Waals surface area contributed by atoms with Gasteiger partial charge in [0.25, 0.3) is 0 Å². The minimum atomic E-state index is 0.296. The van der Waals surface area contributed by atoms with Crippen LogP contribution in [0.5, 0.6) is 5.75 Å². The van der Waals surface area contributed by atoms with E-state index in [0.717, 1.165) is 11.4 Å². The first kappa shape index (κ1) is 11.4. The van der Waals surface area contributed by atoms with Gasteiger partial charge in [-0.25, -0.2) is 0 Å². The van der Waals surface area contributed by atoms with Crippen LogP contribution in [0.15, 0.2) is 24.3 Å². The first-order chi connectivity index (χ1) is 6.33. The summed E-state index contributed by atoms with van der Waals surface area (Å²) < 4.78 is 5.12. The van der Waals surface area contributed by atoms with Crippen molar-refractivity contribution in [3.8, 4) is 18.1 Å². The van der Waals surface area contributed by atoms with Crippen molar-refractivity contribution < 1.29 is 4.74 Å². The largest absolute Gasteiger partial charge is 0.481 e. The summed E-state index contributed by atoms with van der Waals surface area (Å²) in [7, 11) is 0. The SMILES string of the molecule is C#CCOc1ccc(N)cc1.CC. The second-order valence-electron chi connectivity index (χ2n) is 2.06. The Morgan fingerprint density at radius 2 is 1.85 bits per heavy atom. The molecule has 2 N–H and O–H groups in total. The molecule has 0 saturated carbocycles. The molecule has 70 valence electrons. The molecule has 0 unspecified atom stereocenters. The highest BCUT2D eigenvalue weighted by molar-refractivity contribution is 5.41. The van der Waals surface area contributed by atoms with Crippen LogP contribution in [-0.2, 0) is 0 Å². The molecule has 0 aliphatic carbocycles. The van der Waals surface area contributed by atoms with Crippen molar-refractivity contribution in [3.63, 3.8) is 0 Å². The minimum absolute atomic E-state index is 0.296. The normalized spacial score (nSPS) is 7.77. The summed E-state index contributed by atoms with van der Waals surface area (Å²) in [6.07, 6.45) is 5.01. The van der Waals surface area contributed by atoms with E-state index in [4.69, 9.17) is 16.9 Å². The average Bonchev–Trinajstić information content (AvgIpc) is 2.20. The van der Waals surface area contributed by atoms with E-state index in [-0.39, 0.29) is 0 Å². The number of nitrogen functional groups attached to an aromatic ring is 1. The van der Waals surface area contributed by atoms with E-state index in [9.17, 15) is 0 Å². The maximum Gasteiger partial charge on any atom is 0.148 e. The predicted molar refractivity (Wildman–Crippen MR) is 56.5 cm³/mol. The summed E-state index contributed by atoms with van der Waals surface area (Å²) in [5, 5.41) is 0. The highest BCUT2D eigenvalue weighted by Crippen LogP contribution is 2.12. The zero-order chi connectivity index (χ0) is 10.1. The van der Waals surface area contributed by atoms with Crippen LogP contribution in [0.4, 0.5) is 5.69 Å². The van der Waals surface area contributed by atoms with Gasteiger partial charge in [0.05, 0.1) is 0 Å². The maximum absolute atomic E-state index is 5.46. The summed E-state index contributed by atoms with van der Waals surface area (Å²) in [6.45, 7) is 4.30. The molecule has 0 bridgehead atoms. The molecule has 13 heavy (non-hydrogen) atoms. The van der Waals surface area contributed by atoms with Gasteiger partial charge in [0, 0.05) is 5.69 Å². The number of nitrogens with two attached hydrogens (primary N) is 1. The van der Waals surface area contributed by atoms with E-state index in [1.807, 2.05) is 13.8 Å². The highest BCUT2D eigenvalue weighted by Gasteiger charge is 1.89. The fraction of sp³-hybridized carbons (Fsp3) is 0.273. The topological polar surface area (TPSA) is 35.2 Å². The van der Waals surface area contributed by atoms with E-state index < -0.39 is 0 Å². The van der Waals surface area contributed by atoms with Gasteiger partial charge in [0.15, 0.2) is 0 Å². The van der Waals surface area contributed by atoms with Crippen molar-refractivity contribution in [1.82, 2.24) is 0 Å². The lowest BCUT2D eigenvalue weighted by molar-refractivity contribution is 0.370. The third-order valence-corrected chi connectivity index (χ3v) is 1.20. The Hall–Kier alpha value is -1.62. The van der Waals surface area contributed by atoms with Gasteiger partial charge in [0.2, 0.25) is 0 Å². The lowest BCUT2D eigenvalue weighted by Gasteiger charge is -2.00. The summed E-state index contributed by atoms with van der Waals surface area (Å²) in [5.41, 5.74) is 6.18. The molecule has 2 heteroatoms. The van der Waals surface area contributed by atoms with Gasteiger partial charge in [-0.2, -0.15) is 0 Å². The average molecular weight is 177 g/mol. The third-order valence-electron chi connectivity index (χ3n) is 1.20. The molecule has 0 saturated heterocycles. The van der Waals surface area contributed by atoms with Gasteiger partial charge < -0.3 is 10.5 Å². The standard InChI is InChI=1S/C9H9NO.C2H6/c1-2-7-11-9-5-3-8(10)4-6-9;1-2/h1,3-6H,7,10H2;1-2H3. The molecule has 0 heterocycles. The lowest BCUT2D eigenvalue weighted by atomic mass is 10.3. The van der Waals surface area contributed by atoms with E-state index in [2.05, 4.69) is 5.92 Å². The summed E-state index contributed by atoms with van der Waals surface area (Å²) in [5.74, 6) is 3.12. The van der Waals surface area contributed by atoms with E-state index in [1.165, 1.54) is 0 Å². The number of terminal acetylenes is 1. The first-order valence-electron chi connectivity index (χ1n) is 4.25. The van der Waals surface area contributed by atoms with Crippen molar-refractivity contribution in [2.75, 3.05) is 12.3 Å². The molecular formula is C11H15NO. The lowest BCUT2D eigenvalue weighted by Crippen LogP contribution is -1.93. The molecule has 0 fully saturated rings. The van der Waals surface area contributed by atoms with Crippen LogP contribution in [0.1, 0.15) is 13.8 Å². The first-order valence-corrected chi connectivity index (χ1v) is 4.25. The van der Waals surface area contributed by atoms with Gasteiger partial charge in [-0.05, 0) is 24.3 Å². The molecule has 2 nitrogen and oxygen atoms in total. The Morgan fingerprint density at radius 1 is 1.31 bits per heavy atom. The quantitative estimate of drug-likeness (QED) is 0.555. The molecule has 0 spiro atoms. The fourth-order valence-electron chi connectivity index (χ4n) is 0.689. The summed E-state index contributed by atoms with van der Waals surface area (Å²) >= 11 is 0. The van der Waals surface area contributed by atoms with Crippen LogP contribution in [-0.4, -0.2) is 6.61 Å². The number of hydrogen-bond acceptors (Lipinski definition) is 2. The fourth-order valence-corrected chi connectivity index (χ4v) is 0.689. The molecule has 0 aliphatic rings. The molecule has 0 amide bonds. The van der Waals surface area contributed by atoms with Crippen LogP contribution in [0.25, 0.3) is 0 Å². The monoisotopic (exact) mass is 177 g/mol. The summed E-state index contributed by atoms with van der Waals surface area (Å²) in [4.78, 5) is 0. The molecule has 1 rings (SSSR count). The van der Waals surface area contributed by atoms with E-state index in [0.29, 0.717) is 6.61 Å². The molecule has 0 aliphatic heterocycles. The van der Waals surface area contributed by atoms with Crippen molar-refractivity contribution in [2.45, 2.75) is 13.8 Å². The van der Waals surface area contributed by atoms with Gasteiger partial charge in [0.1, 0.15) is 12.4 Å². The second-order valence-corrected chi connectivity index (χ2v) is 2.06. The number of hydrogen-bond donors (Lipinski definition) is 1. The van der Waals surface area contributed by atoms with Crippen LogP contribution < -0.4 is 10.5 Å².